The van der Waals surface area contributed by atoms with Crippen molar-refractivity contribution >= 4 is 23.4 Å². The maximum absolute atomic E-state index is 13.0. The van der Waals surface area contributed by atoms with Gasteiger partial charge in [0.15, 0.2) is 0 Å². The molecule has 0 fully saturated rings. The van der Waals surface area contributed by atoms with Gasteiger partial charge in [-0.3, -0.25) is 9.36 Å². The third kappa shape index (κ3) is 5.63. The van der Waals surface area contributed by atoms with Crippen LogP contribution in [0, 0.1) is 0 Å². The molecule has 1 aliphatic carbocycles. The van der Waals surface area contributed by atoms with Crippen LogP contribution in [0.5, 0.6) is 5.75 Å². The zero-order valence-corrected chi connectivity index (χ0v) is 18.3. The van der Waals surface area contributed by atoms with Crippen LogP contribution in [0.15, 0.2) is 28.0 Å². The molecule has 0 aliphatic heterocycles. The number of nitrogens with zero attached hydrogens (tertiary/aromatic N) is 2. The van der Waals surface area contributed by atoms with E-state index in [-0.39, 0.29) is 23.8 Å². The average molecular weight is 472 g/mol. The van der Waals surface area contributed by atoms with Gasteiger partial charge in [0.05, 0.1) is 24.1 Å². The lowest BCUT2D eigenvalue weighted by atomic mass is 9.97. The Morgan fingerprint density at radius 1 is 1.31 bits per heavy atom. The molecule has 0 atom stereocenters. The zero-order valence-electron chi connectivity index (χ0n) is 17.5. The number of thioether (sulfide) groups is 1. The molecular weight excluding hydrogens is 447 g/mol. The number of hydrogen-bond donors (Lipinski definition) is 2. The summed E-state index contributed by atoms with van der Waals surface area (Å²) < 4.78 is 45.7. The maximum atomic E-state index is 13.0. The number of hydrogen-bond acceptors (Lipinski definition) is 6. The number of alkyl halides is 3. The van der Waals surface area contributed by atoms with Crippen molar-refractivity contribution in [3.8, 4) is 5.75 Å². The van der Waals surface area contributed by atoms with Crippen molar-refractivity contribution in [2.75, 3.05) is 24.8 Å². The summed E-state index contributed by atoms with van der Waals surface area (Å²) >= 11 is 1.08. The van der Waals surface area contributed by atoms with Crippen LogP contribution in [0.1, 0.15) is 36.1 Å². The second kappa shape index (κ2) is 10.4. The number of halogens is 3. The molecule has 32 heavy (non-hydrogen) atoms. The number of benzene rings is 1. The van der Waals surface area contributed by atoms with E-state index in [0.29, 0.717) is 18.0 Å². The second-order valence-corrected chi connectivity index (χ2v) is 8.27. The summed E-state index contributed by atoms with van der Waals surface area (Å²) in [4.78, 5) is 29.1. The number of methoxy groups -OCH3 is 1. The number of fused-ring (bicyclic) bond motifs is 1. The Bertz CT molecular complexity index is 1040. The highest BCUT2D eigenvalue weighted by atomic mass is 32.2. The molecule has 0 unspecified atom stereocenters. The van der Waals surface area contributed by atoms with E-state index in [2.05, 4.69) is 10.3 Å². The van der Waals surface area contributed by atoms with E-state index in [9.17, 15) is 22.8 Å². The van der Waals surface area contributed by atoms with Gasteiger partial charge in [-0.25, -0.2) is 4.79 Å². The van der Waals surface area contributed by atoms with Gasteiger partial charge in [-0.2, -0.15) is 18.2 Å². The number of anilines is 1. The summed E-state index contributed by atoms with van der Waals surface area (Å²) in [5.74, 6) is -0.555. The fourth-order valence-corrected chi connectivity index (χ4v) is 4.51. The first-order valence-electron chi connectivity index (χ1n) is 10.2. The summed E-state index contributed by atoms with van der Waals surface area (Å²) in [5.41, 5.74) is 0.391. The van der Waals surface area contributed by atoms with Crippen LogP contribution in [0.4, 0.5) is 18.9 Å². The van der Waals surface area contributed by atoms with Crippen molar-refractivity contribution < 1.29 is 27.8 Å². The minimum absolute atomic E-state index is 0.0309. The van der Waals surface area contributed by atoms with Gasteiger partial charge >= 0.3 is 11.9 Å². The number of aliphatic hydroxyl groups excluding tert-OH is 1. The van der Waals surface area contributed by atoms with Crippen molar-refractivity contribution in [1.82, 2.24) is 9.55 Å². The summed E-state index contributed by atoms with van der Waals surface area (Å²) in [7, 11) is 1.30. The molecule has 2 aromatic rings. The molecule has 2 N–H and O–H groups in total. The van der Waals surface area contributed by atoms with Crippen LogP contribution in [0.25, 0.3) is 0 Å². The van der Waals surface area contributed by atoms with Gasteiger partial charge in [0.25, 0.3) is 0 Å². The van der Waals surface area contributed by atoms with Gasteiger partial charge in [-0.1, -0.05) is 11.8 Å². The molecule has 174 valence electrons. The first-order chi connectivity index (χ1) is 15.2. The Kier molecular flexibility index (Phi) is 7.83. The zero-order chi connectivity index (χ0) is 23.3. The van der Waals surface area contributed by atoms with Crippen molar-refractivity contribution in [2.45, 2.75) is 49.9 Å². The second-order valence-electron chi connectivity index (χ2n) is 7.31. The third-order valence-electron chi connectivity index (χ3n) is 5.13. The fourth-order valence-electron chi connectivity index (χ4n) is 3.63. The lowest BCUT2D eigenvalue weighted by Crippen LogP contribution is -2.30. The molecule has 1 amide bonds. The van der Waals surface area contributed by atoms with Crippen LogP contribution in [-0.2, 0) is 30.4 Å². The van der Waals surface area contributed by atoms with E-state index in [1.165, 1.54) is 7.11 Å². The number of carbonyl (C=O) groups excluding carboxylic acids is 1. The molecule has 11 heteroatoms. The van der Waals surface area contributed by atoms with Crippen LogP contribution in [-0.4, -0.2) is 40.0 Å². The predicted molar refractivity (Wildman–Crippen MR) is 114 cm³/mol. The van der Waals surface area contributed by atoms with E-state index in [4.69, 9.17) is 9.84 Å². The molecule has 3 rings (SSSR count). The van der Waals surface area contributed by atoms with Gasteiger partial charge in [-0.05, 0) is 50.3 Å². The first-order valence-corrected chi connectivity index (χ1v) is 11.1. The van der Waals surface area contributed by atoms with E-state index in [1.54, 1.807) is 4.57 Å². The lowest BCUT2D eigenvalue weighted by molar-refractivity contribution is -0.137. The highest BCUT2D eigenvalue weighted by Crippen LogP contribution is 2.35. The average Bonchev–Trinajstić information content (AvgIpc) is 2.76. The van der Waals surface area contributed by atoms with E-state index in [1.807, 2.05) is 0 Å². The normalized spacial score (nSPS) is 13.5. The number of rotatable bonds is 8. The van der Waals surface area contributed by atoms with Crippen molar-refractivity contribution in [3.05, 3.63) is 45.5 Å². The van der Waals surface area contributed by atoms with Crippen molar-refractivity contribution in [3.63, 3.8) is 0 Å². The number of ether oxygens (including phenoxy) is 1. The minimum atomic E-state index is -4.55. The van der Waals surface area contributed by atoms with Gasteiger partial charge in [0.2, 0.25) is 5.91 Å². The minimum Gasteiger partial charge on any atom is -0.495 e. The van der Waals surface area contributed by atoms with Gasteiger partial charge in [-0.15, -0.1) is 0 Å². The number of carbonyl (C=O) groups is 1. The molecule has 1 aromatic heterocycles. The summed E-state index contributed by atoms with van der Waals surface area (Å²) in [6, 6.07) is 2.85. The van der Waals surface area contributed by atoms with Gasteiger partial charge in [0.1, 0.15) is 10.8 Å². The molecule has 1 aromatic carbocycles. The Morgan fingerprint density at radius 3 is 2.75 bits per heavy atom. The van der Waals surface area contributed by atoms with E-state index < -0.39 is 23.3 Å². The maximum Gasteiger partial charge on any atom is 0.416 e. The lowest BCUT2D eigenvalue weighted by Gasteiger charge is -2.22. The molecule has 1 aliphatic rings. The molecule has 1 heterocycles. The molecular formula is C21H24F3N3O4S. The molecule has 0 saturated carbocycles. The smallest absolute Gasteiger partial charge is 0.416 e. The third-order valence-corrected chi connectivity index (χ3v) is 6.15. The topological polar surface area (TPSA) is 93.5 Å². The van der Waals surface area contributed by atoms with Gasteiger partial charge < -0.3 is 15.2 Å². The number of aliphatic hydroxyl groups is 1. The first kappa shape index (κ1) is 24.1. The number of aromatic nitrogens is 2. The highest BCUT2D eigenvalue weighted by Gasteiger charge is 2.31. The van der Waals surface area contributed by atoms with Crippen molar-refractivity contribution in [1.29, 1.82) is 0 Å². The Balaban J connectivity index is 1.77. The predicted octanol–water partition coefficient (Wildman–Crippen LogP) is 3.26. The summed E-state index contributed by atoms with van der Waals surface area (Å²) in [6.07, 6.45) is -0.776. The van der Waals surface area contributed by atoms with Crippen LogP contribution >= 0.6 is 11.8 Å². The summed E-state index contributed by atoms with van der Waals surface area (Å²) in [5, 5.41) is 12.0. The number of nitrogens with one attached hydrogen (secondary N) is 1. The van der Waals surface area contributed by atoms with Gasteiger partial charge in [0, 0.05) is 24.4 Å². The molecule has 0 radical (unpaired) electrons. The van der Waals surface area contributed by atoms with Crippen molar-refractivity contribution in [2.24, 2.45) is 0 Å². The van der Waals surface area contributed by atoms with Crippen LogP contribution in [0.3, 0.4) is 0 Å². The molecule has 7 nitrogen and oxygen atoms in total. The standard InChI is InChI=1S/C21H24F3N3O4S/c1-31-17-8-7-13(21(22,23)24)11-15(17)25-18(29)12-32-19-14-5-2-3-6-16(14)27(9-4-10-28)20(30)26-19/h7-8,11,28H,2-6,9-10,12H2,1H3,(H,25,29). The molecule has 0 bridgehead atoms. The molecule has 0 spiro atoms. The Labute approximate surface area is 187 Å². The quantitative estimate of drug-likeness (QED) is 0.454. The largest absolute Gasteiger partial charge is 0.495 e. The number of amides is 1. The Hall–Kier alpha value is -2.53. The van der Waals surface area contributed by atoms with E-state index >= 15 is 0 Å². The summed E-state index contributed by atoms with van der Waals surface area (Å²) in [6.45, 7) is 0.350. The van der Waals surface area contributed by atoms with Crippen LogP contribution in [0.2, 0.25) is 0 Å². The van der Waals surface area contributed by atoms with E-state index in [0.717, 1.165) is 66.9 Å². The Morgan fingerprint density at radius 2 is 2.06 bits per heavy atom. The SMILES string of the molecule is COc1ccc(C(F)(F)F)cc1NC(=O)CSc1nc(=O)n(CCCO)c2c1CCCC2. The van der Waals surface area contributed by atoms with Crippen LogP contribution < -0.4 is 15.7 Å². The fraction of sp³-hybridized carbons (Fsp3) is 0.476. The molecule has 0 saturated heterocycles. The highest BCUT2D eigenvalue weighted by molar-refractivity contribution is 8.00. The monoisotopic (exact) mass is 471 g/mol.